The van der Waals surface area contributed by atoms with Gasteiger partial charge in [-0.2, -0.15) is 0 Å². The molecule has 7 nitrogen and oxygen atoms in total. The normalized spacial score (nSPS) is 20.7. The van der Waals surface area contributed by atoms with Gasteiger partial charge >= 0.3 is 29.6 Å². The van der Waals surface area contributed by atoms with Crippen molar-refractivity contribution >= 4 is 0 Å². The Morgan fingerprint density at radius 3 is 2.36 bits per heavy atom. The molecule has 0 N–H and O–H groups in total. The van der Waals surface area contributed by atoms with Gasteiger partial charge in [0, 0.05) is 11.9 Å². The molecule has 2 aliphatic carbocycles. The molecule has 2 aliphatic rings. The van der Waals surface area contributed by atoms with Crippen molar-refractivity contribution in [3.05, 3.63) is 48.3 Å². The predicted molar refractivity (Wildman–Crippen MR) is 93.5 cm³/mol. The second-order valence-electron chi connectivity index (χ2n) is 7.06. The molecule has 0 amide bonds. The molecule has 0 atom stereocenters. The van der Waals surface area contributed by atoms with Crippen molar-refractivity contribution in [1.82, 2.24) is 15.1 Å². The second kappa shape index (κ2) is 8.11. The maximum absolute atomic E-state index is 11.1. The maximum Gasteiger partial charge on any atom is 1.00 e. The first kappa shape index (κ1) is 19.2. The van der Waals surface area contributed by atoms with Gasteiger partial charge in [-0.05, 0) is 49.3 Å². The van der Waals surface area contributed by atoms with Crippen LogP contribution >= 0.6 is 0 Å². The monoisotopic (exact) mass is 387 g/mol. The van der Waals surface area contributed by atoms with E-state index in [0.717, 1.165) is 18.6 Å². The van der Waals surface area contributed by atoms with Crippen molar-refractivity contribution in [3.8, 4) is 29.0 Å². The molecule has 8 heteroatoms. The SMILES string of the molecule is [Na+].[O-]c1cc(-c2cnc(OC3CC(c4ccc(OC5CC5)cc4)C3)cn2)on1. The molecule has 3 aromatic rings. The van der Waals surface area contributed by atoms with Gasteiger partial charge in [0.2, 0.25) is 5.88 Å². The zero-order valence-corrected chi connectivity index (χ0v) is 17.6. The van der Waals surface area contributed by atoms with Gasteiger partial charge in [-0.25, -0.2) is 9.97 Å². The van der Waals surface area contributed by atoms with Crippen LogP contribution in [0.3, 0.4) is 0 Å². The molecule has 2 fully saturated rings. The van der Waals surface area contributed by atoms with Gasteiger partial charge in [-0.15, -0.1) is 0 Å². The van der Waals surface area contributed by atoms with Crippen LogP contribution in [-0.2, 0) is 0 Å². The summed E-state index contributed by atoms with van der Waals surface area (Å²) in [7, 11) is 0. The first-order valence-electron chi connectivity index (χ1n) is 9.12. The van der Waals surface area contributed by atoms with E-state index < -0.39 is 5.88 Å². The summed E-state index contributed by atoms with van der Waals surface area (Å²) in [6.07, 6.45) is 7.87. The smallest absolute Gasteiger partial charge is 0.856 e. The van der Waals surface area contributed by atoms with Gasteiger partial charge in [-0.1, -0.05) is 17.3 Å². The minimum absolute atomic E-state index is 0. The van der Waals surface area contributed by atoms with Crippen LogP contribution < -0.4 is 44.1 Å². The van der Waals surface area contributed by atoms with Crippen LogP contribution in [0.2, 0.25) is 0 Å². The minimum Gasteiger partial charge on any atom is -0.856 e. The van der Waals surface area contributed by atoms with Crippen LogP contribution in [0.4, 0.5) is 0 Å². The maximum atomic E-state index is 11.1. The Hall–Kier alpha value is -2.09. The first-order valence-corrected chi connectivity index (χ1v) is 9.12. The Balaban J connectivity index is 0.00000192. The van der Waals surface area contributed by atoms with Gasteiger partial charge in [-0.3, -0.25) is 0 Å². The topological polar surface area (TPSA) is 93.3 Å². The van der Waals surface area contributed by atoms with Gasteiger partial charge in [0.25, 0.3) is 0 Å². The van der Waals surface area contributed by atoms with Gasteiger partial charge < -0.3 is 19.1 Å². The molecule has 0 spiro atoms. The quantitative estimate of drug-likeness (QED) is 0.553. The average molecular weight is 387 g/mol. The number of hydrogen-bond donors (Lipinski definition) is 0. The van der Waals surface area contributed by atoms with Crippen LogP contribution in [-0.4, -0.2) is 27.3 Å². The molecule has 2 saturated carbocycles. The van der Waals surface area contributed by atoms with E-state index in [9.17, 15) is 5.11 Å². The third-order valence-corrected chi connectivity index (χ3v) is 4.93. The van der Waals surface area contributed by atoms with E-state index in [1.807, 2.05) is 0 Å². The molecule has 2 aromatic heterocycles. The van der Waals surface area contributed by atoms with E-state index in [0.29, 0.717) is 29.4 Å². The summed E-state index contributed by atoms with van der Waals surface area (Å²) in [5.41, 5.74) is 1.77. The van der Waals surface area contributed by atoms with Gasteiger partial charge in [0.05, 0.1) is 18.5 Å². The molecule has 1 aromatic carbocycles. The number of hydrogen-bond acceptors (Lipinski definition) is 7. The van der Waals surface area contributed by atoms with Crippen molar-refractivity contribution in [3.63, 3.8) is 0 Å². The summed E-state index contributed by atoms with van der Waals surface area (Å²) in [4.78, 5) is 8.45. The van der Waals surface area contributed by atoms with Gasteiger partial charge in [0.1, 0.15) is 17.5 Å². The summed E-state index contributed by atoms with van der Waals surface area (Å²) in [5, 5.41) is 14.4. The second-order valence-corrected chi connectivity index (χ2v) is 7.06. The van der Waals surface area contributed by atoms with E-state index in [1.165, 1.54) is 30.7 Å². The van der Waals surface area contributed by atoms with Crippen molar-refractivity contribution in [2.45, 2.75) is 43.8 Å². The summed E-state index contributed by atoms with van der Waals surface area (Å²) < 4.78 is 16.5. The number of nitrogens with zero attached hydrogens (tertiary/aromatic N) is 3. The van der Waals surface area contributed by atoms with Crippen molar-refractivity contribution in [1.29, 1.82) is 0 Å². The van der Waals surface area contributed by atoms with Crippen molar-refractivity contribution in [2.24, 2.45) is 0 Å². The molecule has 0 bridgehead atoms. The summed E-state index contributed by atoms with van der Waals surface area (Å²) in [6, 6.07) is 9.69. The number of ether oxygens (including phenoxy) is 2. The van der Waals surface area contributed by atoms with Gasteiger partial charge in [0.15, 0.2) is 5.76 Å². The Labute approximate surface area is 184 Å². The summed E-state index contributed by atoms with van der Waals surface area (Å²) in [6.45, 7) is 0. The molecule has 0 saturated heterocycles. The summed E-state index contributed by atoms with van der Waals surface area (Å²) in [5.74, 6) is 1.80. The van der Waals surface area contributed by atoms with Crippen molar-refractivity contribution in [2.75, 3.05) is 0 Å². The van der Waals surface area contributed by atoms with Crippen LogP contribution in [0.25, 0.3) is 11.5 Å². The Morgan fingerprint density at radius 2 is 1.75 bits per heavy atom. The average Bonchev–Trinajstić information content (AvgIpc) is 3.37. The van der Waals surface area contributed by atoms with E-state index in [1.54, 1.807) is 6.20 Å². The number of benzene rings is 1. The predicted octanol–water partition coefficient (Wildman–Crippen LogP) is 0.0754. The molecule has 0 unspecified atom stereocenters. The third kappa shape index (κ3) is 4.32. The molecule has 2 heterocycles. The van der Waals surface area contributed by atoms with Crippen LogP contribution in [0, 0.1) is 0 Å². The third-order valence-electron chi connectivity index (χ3n) is 4.93. The largest absolute Gasteiger partial charge is 1.00 e. The van der Waals surface area contributed by atoms with E-state index in [4.69, 9.17) is 14.0 Å². The van der Waals surface area contributed by atoms with E-state index in [2.05, 4.69) is 39.4 Å². The first-order chi connectivity index (χ1) is 13.2. The molecule has 28 heavy (non-hydrogen) atoms. The van der Waals surface area contributed by atoms with Crippen LogP contribution in [0.1, 0.15) is 37.2 Å². The van der Waals surface area contributed by atoms with Crippen LogP contribution in [0.15, 0.2) is 47.2 Å². The Bertz CT molecular complexity index is 919. The van der Waals surface area contributed by atoms with E-state index in [-0.39, 0.29) is 35.7 Å². The standard InChI is InChI=1S/C20H19N3O4.Na/c24-19-9-18(27-23-19)17-10-22-20(11-21-17)26-16-7-13(8-16)12-1-3-14(4-2-12)25-15-5-6-15;/h1-4,9-11,13,15-16H,5-8H2,(H,23,24);/q;+1/p-1. The fraction of sp³-hybridized carbons (Fsp3) is 0.350. The fourth-order valence-corrected chi connectivity index (χ4v) is 3.19. The summed E-state index contributed by atoms with van der Waals surface area (Å²) >= 11 is 0. The fourth-order valence-electron chi connectivity index (χ4n) is 3.19. The molecule has 0 aliphatic heterocycles. The zero-order chi connectivity index (χ0) is 18.2. The Morgan fingerprint density at radius 1 is 0.964 bits per heavy atom. The Kier molecular flexibility index (Phi) is 5.57. The molecular weight excluding hydrogens is 369 g/mol. The molecule has 0 radical (unpaired) electrons. The van der Waals surface area contributed by atoms with E-state index >= 15 is 0 Å². The zero-order valence-electron chi connectivity index (χ0n) is 15.6. The molecule has 138 valence electrons. The minimum atomic E-state index is -0.431. The molecule has 5 rings (SSSR count). The number of aromatic nitrogens is 3. The number of rotatable bonds is 6. The van der Waals surface area contributed by atoms with Crippen molar-refractivity contribution < 1.29 is 48.7 Å². The molecular formula is C20H18N3NaO4. The van der Waals surface area contributed by atoms with Crippen LogP contribution in [0.5, 0.6) is 17.5 Å².